The molecule has 146 valence electrons. The summed E-state index contributed by atoms with van der Waals surface area (Å²) in [5.41, 5.74) is 1.80. The van der Waals surface area contributed by atoms with Crippen LogP contribution in [0.25, 0.3) is 0 Å². The van der Waals surface area contributed by atoms with Gasteiger partial charge in [-0.2, -0.15) is 0 Å². The molecule has 6 heteroatoms. The van der Waals surface area contributed by atoms with E-state index in [9.17, 15) is 9.59 Å². The molecule has 1 saturated heterocycles. The molecule has 1 atom stereocenters. The maximum atomic E-state index is 12.4. The number of benzene rings is 2. The quantitative estimate of drug-likeness (QED) is 0.774. The molecule has 1 fully saturated rings. The lowest BCUT2D eigenvalue weighted by Crippen LogP contribution is -2.44. The maximum absolute atomic E-state index is 12.4. The molecule has 2 heterocycles. The zero-order valence-electron chi connectivity index (χ0n) is 15.7. The molecule has 2 aromatic rings. The summed E-state index contributed by atoms with van der Waals surface area (Å²) >= 11 is 0. The third-order valence-electron chi connectivity index (χ3n) is 5.38. The smallest absolute Gasteiger partial charge is 0.231 e. The molecule has 0 unspecified atom stereocenters. The van der Waals surface area contributed by atoms with Gasteiger partial charge in [-0.3, -0.25) is 9.59 Å². The van der Waals surface area contributed by atoms with Crippen molar-refractivity contribution in [2.45, 2.75) is 44.2 Å². The Morgan fingerprint density at radius 3 is 2.68 bits per heavy atom. The molecular formula is C22H24N2O4. The molecule has 0 aliphatic carbocycles. The van der Waals surface area contributed by atoms with E-state index in [1.54, 1.807) is 0 Å². The van der Waals surface area contributed by atoms with Gasteiger partial charge in [0.15, 0.2) is 11.5 Å². The summed E-state index contributed by atoms with van der Waals surface area (Å²) in [6.07, 6.45) is 3.02. The Kier molecular flexibility index (Phi) is 5.19. The molecule has 0 radical (unpaired) electrons. The van der Waals surface area contributed by atoms with E-state index in [1.165, 1.54) is 5.56 Å². The van der Waals surface area contributed by atoms with Gasteiger partial charge in [0.25, 0.3) is 0 Å². The first-order valence-electron chi connectivity index (χ1n) is 9.62. The van der Waals surface area contributed by atoms with Crippen LogP contribution in [-0.4, -0.2) is 24.1 Å². The molecule has 0 bridgehead atoms. The van der Waals surface area contributed by atoms with Gasteiger partial charge in [-0.1, -0.05) is 36.4 Å². The molecular weight excluding hydrogens is 356 g/mol. The summed E-state index contributed by atoms with van der Waals surface area (Å²) in [6.45, 7) is 0.674. The Labute approximate surface area is 164 Å². The van der Waals surface area contributed by atoms with Crippen molar-refractivity contribution in [1.29, 1.82) is 0 Å². The fraction of sp³-hybridized carbons (Fsp3) is 0.364. The lowest BCUT2D eigenvalue weighted by atomic mass is 9.85. The van der Waals surface area contributed by atoms with Gasteiger partial charge in [0, 0.05) is 24.9 Å². The van der Waals surface area contributed by atoms with Crippen LogP contribution in [0, 0.1) is 0 Å². The monoisotopic (exact) mass is 380 g/mol. The van der Waals surface area contributed by atoms with Gasteiger partial charge >= 0.3 is 0 Å². The minimum Gasteiger partial charge on any atom is -0.454 e. The summed E-state index contributed by atoms with van der Waals surface area (Å²) in [5, 5.41) is 6.08. The fourth-order valence-corrected chi connectivity index (χ4v) is 3.86. The van der Waals surface area contributed by atoms with E-state index in [0.29, 0.717) is 31.6 Å². The number of rotatable bonds is 7. The van der Waals surface area contributed by atoms with Gasteiger partial charge in [-0.15, -0.1) is 0 Å². The van der Waals surface area contributed by atoms with E-state index in [1.807, 2.05) is 36.4 Å². The number of nitrogens with one attached hydrogen (secondary N) is 2. The van der Waals surface area contributed by atoms with Gasteiger partial charge in [-0.25, -0.2) is 0 Å². The van der Waals surface area contributed by atoms with E-state index in [-0.39, 0.29) is 24.1 Å². The molecule has 0 saturated carbocycles. The Bertz CT molecular complexity index is 868. The van der Waals surface area contributed by atoms with E-state index in [2.05, 4.69) is 22.8 Å². The van der Waals surface area contributed by atoms with Gasteiger partial charge in [-0.05, 0) is 42.5 Å². The third-order valence-corrected chi connectivity index (χ3v) is 5.38. The summed E-state index contributed by atoms with van der Waals surface area (Å²) in [5.74, 6) is 1.49. The Morgan fingerprint density at radius 1 is 1.07 bits per heavy atom. The Balaban J connectivity index is 1.32. The topological polar surface area (TPSA) is 76.7 Å². The summed E-state index contributed by atoms with van der Waals surface area (Å²) < 4.78 is 10.7. The van der Waals surface area contributed by atoms with Crippen molar-refractivity contribution in [3.05, 3.63) is 59.7 Å². The third kappa shape index (κ3) is 4.27. The highest BCUT2D eigenvalue weighted by atomic mass is 16.7. The molecule has 2 amide bonds. The molecule has 2 aliphatic rings. The zero-order chi connectivity index (χ0) is 19.4. The van der Waals surface area contributed by atoms with Crippen molar-refractivity contribution in [3.63, 3.8) is 0 Å². The molecule has 0 spiro atoms. The highest BCUT2D eigenvalue weighted by Crippen LogP contribution is 2.32. The second-order valence-electron chi connectivity index (χ2n) is 7.46. The predicted octanol–water partition coefficient (Wildman–Crippen LogP) is 2.70. The van der Waals surface area contributed by atoms with Gasteiger partial charge in [0.05, 0.1) is 0 Å². The van der Waals surface area contributed by atoms with Crippen LogP contribution in [0.2, 0.25) is 0 Å². The molecule has 4 rings (SSSR count). The fourth-order valence-electron chi connectivity index (χ4n) is 3.86. The number of hydrogen-bond donors (Lipinski definition) is 2. The van der Waals surface area contributed by atoms with Crippen LogP contribution in [-0.2, 0) is 22.6 Å². The van der Waals surface area contributed by atoms with Gasteiger partial charge in [0.1, 0.15) is 0 Å². The number of carbonyl (C=O) groups is 2. The van der Waals surface area contributed by atoms with Crippen molar-refractivity contribution in [1.82, 2.24) is 10.6 Å². The number of fused-ring (bicyclic) bond motifs is 1. The van der Waals surface area contributed by atoms with Crippen LogP contribution in [0.3, 0.4) is 0 Å². The predicted molar refractivity (Wildman–Crippen MR) is 104 cm³/mol. The summed E-state index contributed by atoms with van der Waals surface area (Å²) in [7, 11) is 0. The minimum atomic E-state index is -0.339. The average molecular weight is 380 g/mol. The van der Waals surface area contributed by atoms with Crippen molar-refractivity contribution in [2.75, 3.05) is 6.79 Å². The van der Waals surface area contributed by atoms with Gasteiger partial charge in [0.2, 0.25) is 18.6 Å². The van der Waals surface area contributed by atoms with Crippen molar-refractivity contribution in [2.24, 2.45) is 0 Å². The highest BCUT2D eigenvalue weighted by Gasteiger charge is 2.37. The molecule has 28 heavy (non-hydrogen) atoms. The van der Waals surface area contributed by atoms with E-state index in [4.69, 9.17) is 9.47 Å². The number of hydrogen-bond acceptors (Lipinski definition) is 4. The molecule has 2 aliphatic heterocycles. The second-order valence-corrected chi connectivity index (χ2v) is 7.46. The largest absolute Gasteiger partial charge is 0.454 e. The van der Waals surface area contributed by atoms with E-state index in [0.717, 1.165) is 24.2 Å². The van der Waals surface area contributed by atoms with Crippen molar-refractivity contribution < 1.29 is 19.1 Å². The SMILES string of the molecule is O=C(CC[C@]1(Cc2ccccc2)CCC(=O)N1)NCc1ccc2c(c1)OCO2. The minimum absolute atomic E-state index is 0.0220. The van der Waals surface area contributed by atoms with Crippen LogP contribution >= 0.6 is 0 Å². The van der Waals surface area contributed by atoms with Crippen LogP contribution in [0.1, 0.15) is 36.8 Å². The molecule has 0 aromatic heterocycles. The van der Waals surface area contributed by atoms with Crippen molar-refractivity contribution in [3.8, 4) is 11.5 Å². The molecule has 2 N–H and O–H groups in total. The zero-order valence-corrected chi connectivity index (χ0v) is 15.7. The van der Waals surface area contributed by atoms with Crippen LogP contribution in [0.15, 0.2) is 48.5 Å². The first-order valence-corrected chi connectivity index (χ1v) is 9.62. The second kappa shape index (κ2) is 7.92. The number of amides is 2. The Morgan fingerprint density at radius 2 is 1.89 bits per heavy atom. The first kappa shape index (κ1) is 18.3. The standard InChI is InChI=1S/C22H24N2O4/c25-20(23-14-17-6-7-18-19(12-17)28-15-27-18)8-10-22(11-9-21(26)24-22)13-16-4-2-1-3-5-16/h1-7,12H,8-11,13-15H2,(H,23,25)(H,24,26)/t22-/m1/s1. The number of ether oxygens (including phenoxy) is 2. The summed E-state index contributed by atoms with van der Waals surface area (Å²) in [4.78, 5) is 24.3. The lowest BCUT2D eigenvalue weighted by molar-refractivity contribution is -0.122. The average Bonchev–Trinajstić information content (AvgIpc) is 3.32. The van der Waals surface area contributed by atoms with E-state index < -0.39 is 0 Å². The van der Waals surface area contributed by atoms with E-state index >= 15 is 0 Å². The maximum Gasteiger partial charge on any atom is 0.231 e. The highest BCUT2D eigenvalue weighted by molar-refractivity contribution is 5.80. The van der Waals surface area contributed by atoms with Crippen LogP contribution in [0.5, 0.6) is 11.5 Å². The summed E-state index contributed by atoms with van der Waals surface area (Å²) in [6, 6.07) is 15.8. The molecule has 2 aromatic carbocycles. The van der Waals surface area contributed by atoms with Crippen LogP contribution in [0.4, 0.5) is 0 Å². The first-order chi connectivity index (χ1) is 13.6. The Hall–Kier alpha value is -3.02. The van der Waals surface area contributed by atoms with Crippen LogP contribution < -0.4 is 20.1 Å². The molecule has 6 nitrogen and oxygen atoms in total. The van der Waals surface area contributed by atoms with Crippen molar-refractivity contribution >= 4 is 11.8 Å². The van der Waals surface area contributed by atoms with Gasteiger partial charge < -0.3 is 20.1 Å². The lowest BCUT2D eigenvalue weighted by Gasteiger charge is -2.29. The number of carbonyl (C=O) groups excluding carboxylic acids is 2. The normalized spacial score (nSPS) is 20.1.